The first-order chi connectivity index (χ1) is 16.5. The SMILES string of the molecule is C[C@H](NC(=O)c1ccc(C(=O)N2CCC[C@@H]2C(N)S(C)(=O)=O)c(Cl)c1)c1nc2cc(Cl)ccc2[nH]1. The number of aromatic amines is 1. The van der Waals surface area contributed by atoms with Crippen LogP contribution in [0.15, 0.2) is 36.4 Å². The average molecular weight is 538 g/mol. The van der Waals surface area contributed by atoms with Crippen molar-refractivity contribution in [3.05, 3.63) is 63.4 Å². The van der Waals surface area contributed by atoms with Crippen LogP contribution in [0.2, 0.25) is 10.0 Å². The van der Waals surface area contributed by atoms with E-state index in [-0.39, 0.29) is 16.1 Å². The molecular weight excluding hydrogens is 513 g/mol. The van der Waals surface area contributed by atoms with E-state index in [0.717, 1.165) is 11.8 Å². The van der Waals surface area contributed by atoms with Crippen LogP contribution in [0.1, 0.15) is 52.3 Å². The van der Waals surface area contributed by atoms with E-state index in [1.807, 2.05) is 6.07 Å². The third kappa shape index (κ3) is 5.30. The fraction of sp³-hybridized carbons (Fsp3) is 0.348. The highest BCUT2D eigenvalue weighted by atomic mass is 35.5. The summed E-state index contributed by atoms with van der Waals surface area (Å²) in [5, 5.41) is 2.34. The van der Waals surface area contributed by atoms with E-state index in [1.54, 1.807) is 19.1 Å². The Kier molecular flexibility index (Phi) is 7.10. The van der Waals surface area contributed by atoms with E-state index in [1.165, 1.54) is 23.1 Å². The molecule has 0 bridgehead atoms. The van der Waals surface area contributed by atoms with Crippen LogP contribution in [-0.2, 0) is 9.84 Å². The van der Waals surface area contributed by atoms with Crippen molar-refractivity contribution in [2.75, 3.05) is 12.8 Å². The number of carbonyl (C=O) groups is 2. The average Bonchev–Trinajstić information content (AvgIpc) is 3.44. The molecule has 2 aromatic carbocycles. The molecule has 1 unspecified atom stereocenters. The number of nitrogens with one attached hydrogen (secondary N) is 2. The molecule has 1 aliphatic heterocycles. The Morgan fingerprint density at radius 2 is 1.97 bits per heavy atom. The van der Waals surface area contributed by atoms with Crippen LogP contribution in [0.5, 0.6) is 0 Å². The van der Waals surface area contributed by atoms with Gasteiger partial charge in [0, 0.05) is 23.4 Å². The predicted octanol–water partition coefficient (Wildman–Crippen LogP) is 3.29. The third-order valence-electron chi connectivity index (χ3n) is 6.12. The first-order valence-electron chi connectivity index (χ1n) is 11.0. The number of aromatic nitrogens is 2. The number of carbonyl (C=O) groups excluding carboxylic acids is 2. The van der Waals surface area contributed by atoms with E-state index in [2.05, 4.69) is 15.3 Å². The Morgan fingerprint density at radius 1 is 1.23 bits per heavy atom. The number of H-pyrrole nitrogens is 1. The summed E-state index contributed by atoms with van der Waals surface area (Å²) in [5.41, 5.74) is 7.84. The van der Waals surface area contributed by atoms with Crippen LogP contribution in [0.4, 0.5) is 0 Å². The molecule has 3 atom stereocenters. The topological polar surface area (TPSA) is 138 Å². The van der Waals surface area contributed by atoms with Gasteiger partial charge in [0.05, 0.1) is 33.7 Å². The molecule has 4 rings (SSSR count). The van der Waals surface area contributed by atoms with Crippen molar-refractivity contribution in [2.45, 2.75) is 37.2 Å². The zero-order valence-electron chi connectivity index (χ0n) is 19.1. The molecule has 0 saturated carbocycles. The van der Waals surface area contributed by atoms with Crippen molar-refractivity contribution < 1.29 is 18.0 Å². The summed E-state index contributed by atoms with van der Waals surface area (Å²) in [4.78, 5) is 35.0. The molecule has 0 radical (unpaired) electrons. The van der Waals surface area contributed by atoms with Crippen molar-refractivity contribution in [1.29, 1.82) is 0 Å². The standard InChI is InChI=1S/C23H25Cl2N5O4S/c1-12(21-28-17-8-6-14(24)11-18(17)29-21)27-22(31)13-5-7-15(16(25)10-13)23(32)30-9-3-4-19(30)20(26)35(2,33)34/h5-8,10-12,19-20H,3-4,9,26H2,1-2H3,(H,27,31)(H,28,29)/t12-,19+,20?/m0/s1. The van der Waals surface area contributed by atoms with Crippen LogP contribution in [0.3, 0.4) is 0 Å². The van der Waals surface area contributed by atoms with Crippen LogP contribution < -0.4 is 11.1 Å². The fourth-order valence-electron chi connectivity index (χ4n) is 4.21. The molecule has 35 heavy (non-hydrogen) atoms. The molecule has 1 saturated heterocycles. The monoisotopic (exact) mass is 537 g/mol. The van der Waals surface area contributed by atoms with E-state index >= 15 is 0 Å². The molecule has 12 heteroatoms. The second kappa shape index (κ2) is 9.77. The van der Waals surface area contributed by atoms with Gasteiger partial charge >= 0.3 is 0 Å². The molecule has 0 spiro atoms. The molecule has 2 heterocycles. The molecule has 1 fully saturated rings. The first kappa shape index (κ1) is 25.4. The van der Waals surface area contributed by atoms with Gasteiger partial charge in [0.15, 0.2) is 9.84 Å². The molecule has 1 aliphatic rings. The minimum atomic E-state index is -3.52. The van der Waals surface area contributed by atoms with Crippen molar-refractivity contribution >= 4 is 55.9 Å². The van der Waals surface area contributed by atoms with Gasteiger partial charge in [-0.25, -0.2) is 13.4 Å². The number of hydrogen-bond donors (Lipinski definition) is 3. The Balaban J connectivity index is 1.49. The lowest BCUT2D eigenvalue weighted by Gasteiger charge is -2.28. The first-order valence-corrected chi connectivity index (χ1v) is 13.7. The van der Waals surface area contributed by atoms with Crippen LogP contribution in [-0.4, -0.2) is 59.3 Å². The number of hydrogen-bond acceptors (Lipinski definition) is 6. The summed E-state index contributed by atoms with van der Waals surface area (Å²) in [6.07, 6.45) is 2.19. The number of likely N-dealkylation sites (tertiary alicyclic amines) is 1. The summed E-state index contributed by atoms with van der Waals surface area (Å²) in [6, 6.07) is 8.61. The van der Waals surface area contributed by atoms with Crippen molar-refractivity contribution in [3.63, 3.8) is 0 Å². The van der Waals surface area contributed by atoms with Crippen LogP contribution in [0, 0.1) is 0 Å². The molecular formula is C23H25Cl2N5O4S. The molecule has 9 nitrogen and oxygen atoms in total. The molecule has 2 amide bonds. The number of fused-ring (bicyclic) bond motifs is 1. The second-order valence-corrected chi connectivity index (χ2v) is 11.7. The number of sulfone groups is 1. The lowest BCUT2D eigenvalue weighted by atomic mass is 10.1. The maximum atomic E-state index is 13.1. The lowest BCUT2D eigenvalue weighted by molar-refractivity contribution is 0.0733. The molecule has 186 valence electrons. The zero-order chi connectivity index (χ0) is 25.5. The van der Waals surface area contributed by atoms with Gasteiger partial charge in [-0.1, -0.05) is 23.2 Å². The van der Waals surface area contributed by atoms with Gasteiger partial charge in [0.2, 0.25) is 0 Å². The summed E-state index contributed by atoms with van der Waals surface area (Å²) in [5.74, 6) is -0.247. The van der Waals surface area contributed by atoms with Gasteiger partial charge in [-0.15, -0.1) is 0 Å². The minimum Gasteiger partial charge on any atom is -0.342 e. The Bertz CT molecular complexity index is 1410. The molecule has 4 N–H and O–H groups in total. The summed E-state index contributed by atoms with van der Waals surface area (Å²) in [7, 11) is -3.52. The number of rotatable bonds is 6. The highest BCUT2D eigenvalue weighted by molar-refractivity contribution is 7.91. The third-order valence-corrected chi connectivity index (χ3v) is 7.97. The lowest BCUT2D eigenvalue weighted by Crippen LogP contribution is -2.50. The normalized spacial score (nSPS) is 18.0. The Labute approximate surface area is 212 Å². The number of nitrogens with zero attached hydrogens (tertiary/aromatic N) is 2. The van der Waals surface area contributed by atoms with Gasteiger partial charge in [-0.3, -0.25) is 9.59 Å². The van der Waals surface area contributed by atoms with E-state index in [9.17, 15) is 18.0 Å². The van der Waals surface area contributed by atoms with Gasteiger partial charge in [0.1, 0.15) is 11.2 Å². The second-order valence-electron chi connectivity index (χ2n) is 8.68. The van der Waals surface area contributed by atoms with E-state index in [4.69, 9.17) is 28.9 Å². The Morgan fingerprint density at radius 3 is 2.66 bits per heavy atom. The quantitative estimate of drug-likeness (QED) is 0.440. The maximum Gasteiger partial charge on any atom is 0.255 e. The van der Waals surface area contributed by atoms with Gasteiger partial charge in [-0.2, -0.15) is 0 Å². The van der Waals surface area contributed by atoms with Crippen LogP contribution >= 0.6 is 23.2 Å². The minimum absolute atomic E-state index is 0.0901. The molecule has 0 aliphatic carbocycles. The number of amides is 2. The van der Waals surface area contributed by atoms with Gasteiger partial charge in [-0.05, 0) is 56.2 Å². The largest absolute Gasteiger partial charge is 0.342 e. The van der Waals surface area contributed by atoms with Crippen molar-refractivity contribution in [3.8, 4) is 0 Å². The summed E-state index contributed by atoms with van der Waals surface area (Å²) in [6.45, 7) is 2.17. The number of imidazole rings is 1. The predicted molar refractivity (Wildman–Crippen MR) is 135 cm³/mol. The van der Waals surface area contributed by atoms with Gasteiger partial charge in [0.25, 0.3) is 11.8 Å². The summed E-state index contributed by atoms with van der Waals surface area (Å²) < 4.78 is 23.8. The maximum absolute atomic E-state index is 13.1. The van der Waals surface area contributed by atoms with Crippen molar-refractivity contribution in [2.24, 2.45) is 5.73 Å². The number of halogens is 2. The van der Waals surface area contributed by atoms with Crippen molar-refractivity contribution in [1.82, 2.24) is 20.2 Å². The molecule has 1 aromatic heterocycles. The Hall–Kier alpha value is -2.66. The van der Waals surface area contributed by atoms with Crippen LogP contribution in [0.25, 0.3) is 11.0 Å². The molecule has 3 aromatic rings. The van der Waals surface area contributed by atoms with Gasteiger partial charge < -0.3 is 20.9 Å². The highest BCUT2D eigenvalue weighted by Gasteiger charge is 2.38. The van der Waals surface area contributed by atoms with E-state index < -0.39 is 39.1 Å². The van der Waals surface area contributed by atoms with E-state index in [0.29, 0.717) is 35.8 Å². The fourth-order valence-corrected chi connectivity index (χ4v) is 5.49. The smallest absolute Gasteiger partial charge is 0.255 e. The number of nitrogens with two attached hydrogens (primary N) is 1. The number of benzene rings is 2. The zero-order valence-corrected chi connectivity index (χ0v) is 21.4. The summed E-state index contributed by atoms with van der Waals surface area (Å²) >= 11 is 12.4. The highest BCUT2D eigenvalue weighted by Crippen LogP contribution is 2.27.